The Hall–Kier alpha value is -1.74. The molecule has 1 aromatic carbocycles. The number of rotatable bonds is 1. The first-order valence-corrected chi connectivity index (χ1v) is 4.79. The molecule has 2 N–H and O–H groups in total. The Labute approximate surface area is 91.7 Å². The van der Waals surface area contributed by atoms with Crippen LogP contribution in [0.15, 0.2) is 47.4 Å². The number of nitrogens with two attached hydrogens (primary N) is 1. The van der Waals surface area contributed by atoms with Gasteiger partial charge in [0.15, 0.2) is 0 Å². The highest BCUT2D eigenvalue weighted by atomic mass is 35.5. The smallest absolute Gasteiger partial charge is 0.255 e. The fourth-order valence-corrected chi connectivity index (χ4v) is 1.48. The number of halogens is 1. The van der Waals surface area contributed by atoms with Gasteiger partial charge in [0, 0.05) is 12.3 Å². The van der Waals surface area contributed by atoms with Gasteiger partial charge < -0.3 is 5.73 Å². The van der Waals surface area contributed by atoms with Gasteiger partial charge in [-0.2, -0.15) is 0 Å². The zero-order valence-corrected chi connectivity index (χ0v) is 8.61. The van der Waals surface area contributed by atoms with Gasteiger partial charge in [-0.1, -0.05) is 17.7 Å². The number of hydrogen-bond donors (Lipinski definition) is 1. The summed E-state index contributed by atoms with van der Waals surface area (Å²) in [5.41, 5.74) is 6.70. The SMILES string of the molecule is Nc1ccc(-n2ccccc2=O)cc1Cl. The number of benzene rings is 1. The molecule has 0 bridgehead atoms. The summed E-state index contributed by atoms with van der Waals surface area (Å²) in [6.07, 6.45) is 1.68. The highest BCUT2D eigenvalue weighted by molar-refractivity contribution is 6.33. The summed E-state index contributed by atoms with van der Waals surface area (Å²) in [7, 11) is 0. The summed E-state index contributed by atoms with van der Waals surface area (Å²) < 4.78 is 1.51. The third kappa shape index (κ3) is 1.87. The van der Waals surface area contributed by atoms with Crippen LogP contribution in [0.3, 0.4) is 0 Å². The quantitative estimate of drug-likeness (QED) is 0.748. The lowest BCUT2D eigenvalue weighted by Crippen LogP contribution is -2.15. The lowest BCUT2D eigenvalue weighted by Gasteiger charge is -2.06. The third-order valence-corrected chi connectivity index (χ3v) is 2.41. The summed E-state index contributed by atoms with van der Waals surface area (Å²) in [4.78, 5) is 11.5. The summed E-state index contributed by atoms with van der Waals surface area (Å²) in [5.74, 6) is 0. The van der Waals surface area contributed by atoms with Crippen LogP contribution >= 0.6 is 11.6 Å². The van der Waals surface area contributed by atoms with E-state index in [0.29, 0.717) is 16.4 Å². The predicted molar refractivity (Wildman–Crippen MR) is 61.5 cm³/mol. The van der Waals surface area contributed by atoms with E-state index in [9.17, 15) is 4.79 Å². The van der Waals surface area contributed by atoms with Crippen molar-refractivity contribution in [2.45, 2.75) is 0 Å². The molecule has 0 amide bonds. The van der Waals surface area contributed by atoms with Gasteiger partial charge in [-0.05, 0) is 24.3 Å². The Morgan fingerprint density at radius 3 is 2.67 bits per heavy atom. The summed E-state index contributed by atoms with van der Waals surface area (Å²) in [6.45, 7) is 0. The highest BCUT2D eigenvalue weighted by Crippen LogP contribution is 2.20. The van der Waals surface area contributed by atoms with Crippen LogP contribution in [-0.2, 0) is 0 Å². The molecule has 3 nitrogen and oxygen atoms in total. The molecule has 4 heteroatoms. The Bertz CT molecular complexity index is 548. The maximum absolute atomic E-state index is 11.5. The Kier molecular flexibility index (Phi) is 2.47. The van der Waals surface area contributed by atoms with Crippen molar-refractivity contribution in [1.29, 1.82) is 0 Å². The van der Waals surface area contributed by atoms with Crippen molar-refractivity contribution < 1.29 is 0 Å². The molecular formula is C11H9ClN2O. The predicted octanol–water partition coefficient (Wildman–Crippen LogP) is 2.07. The van der Waals surface area contributed by atoms with Crippen LogP contribution in [-0.4, -0.2) is 4.57 Å². The van der Waals surface area contributed by atoms with E-state index in [0.717, 1.165) is 0 Å². The molecule has 0 radical (unpaired) electrons. The number of pyridine rings is 1. The van der Waals surface area contributed by atoms with E-state index < -0.39 is 0 Å². The van der Waals surface area contributed by atoms with Crippen LogP contribution in [0, 0.1) is 0 Å². The zero-order valence-electron chi connectivity index (χ0n) is 7.85. The first kappa shape index (κ1) is 9.80. The normalized spacial score (nSPS) is 10.2. The Morgan fingerprint density at radius 1 is 1.20 bits per heavy atom. The fourth-order valence-electron chi connectivity index (χ4n) is 1.31. The van der Waals surface area contributed by atoms with Gasteiger partial charge in [0.25, 0.3) is 5.56 Å². The Balaban J connectivity index is 2.60. The molecule has 0 aliphatic carbocycles. The number of anilines is 1. The van der Waals surface area contributed by atoms with Crippen LogP contribution in [0.1, 0.15) is 0 Å². The van der Waals surface area contributed by atoms with Crippen molar-refractivity contribution in [3.8, 4) is 5.69 Å². The lowest BCUT2D eigenvalue weighted by atomic mass is 10.2. The second-order valence-corrected chi connectivity index (χ2v) is 3.52. The van der Waals surface area contributed by atoms with Crippen LogP contribution in [0.2, 0.25) is 5.02 Å². The number of hydrogen-bond acceptors (Lipinski definition) is 2. The van der Waals surface area contributed by atoms with E-state index in [1.807, 2.05) is 0 Å². The van der Waals surface area contributed by atoms with Gasteiger partial charge >= 0.3 is 0 Å². The van der Waals surface area contributed by atoms with Crippen molar-refractivity contribution >= 4 is 17.3 Å². The molecule has 2 rings (SSSR count). The molecule has 1 heterocycles. The molecule has 1 aromatic heterocycles. The molecule has 0 aliphatic rings. The van der Waals surface area contributed by atoms with Gasteiger partial charge in [-0.15, -0.1) is 0 Å². The Morgan fingerprint density at radius 2 is 2.00 bits per heavy atom. The minimum Gasteiger partial charge on any atom is -0.398 e. The van der Waals surface area contributed by atoms with Crippen LogP contribution in [0.5, 0.6) is 0 Å². The van der Waals surface area contributed by atoms with E-state index in [-0.39, 0.29) is 5.56 Å². The van der Waals surface area contributed by atoms with Crippen molar-refractivity contribution in [1.82, 2.24) is 4.57 Å². The van der Waals surface area contributed by atoms with Gasteiger partial charge in [0.1, 0.15) is 0 Å². The minimum atomic E-state index is -0.0988. The number of nitrogen functional groups attached to an aromatic ring is 1. The van der Waals surface area contributed by atoms with Crippen molar-refractivity contribution in [2.24, 2.45) is 0 Å². The van der Waals surface area contributed by atoms with Crippen LogP contribution in [0.25, 0.3) is 5.69 Å². The van der Waals surface area contributed by atoms with Gasteiger partial charge in [-0.3, -0.25) is 9.36 Å². The minimum absolute atomic E-state index is 0.0988. The van der Waals surface area contributed by atoms with Crippen LogP contribution < -0.4 is 11.3 Å². The van der Waals surface area contributed by atoms with Crippen molar-refractivity contribution in [3.05, 3.63) is 58.0 Å². The number of aromatic nitrogens is 1. The molecule has 0 unspecified atom stereocenters. The van der Waals surface area contributed by atoms with E-state index in [1.54, 1.807) is 36.5 Å². The number of nitrogens with zero attached hydrogens (tertiary/aromatic N) is 1. The molecule has 0 spiro atoms. The van der Waals surface area contributed by atoms with E-state index in [1.165, 1.54) is 10.6 Å². The standard InChI is InChI=1S/C11H9ClN2O/c12-9-7-8(4-5-10(9)13)14-6-2-1-3-11(14)15/h1-7H,13H2. The van der Waals surface area contributed by atoms with Crippen molar-refractivity contribution in [2.75, 3.05) is 5.73 Å². The topological polar surface area (TPSA) is 48.0 Å². The fraction of sp³-hybridized carbons (Fsp3) is 0. The molecule has 15 heavy (non-hydrogen) atoms. The first-order chi connectivity index (χ1) is 7.18. The average molecular weight is 221 g/mol. The first-order valence-electron chi connectivity index (χ1n) is 4.41. The average Bonchev–Trinajstić information content (AvgIpc) is 2.23. The molecule has 76 valence electrons. The zero-order chi connectivity index (χ0) is 10.8. The van der Waals surface area contributed by atoms with Gasteiger partial charge in [0.2, 0.25) is 0 Å². The molecule has 0 atom stereocenters. The second kappa shape index (κ2) is 3.79. The maximum atomic E-state index is 11.5. The van der Waals surface area contributed by atoms with E-state index in [4.69, 9.17) is 17.3 Å². The molecule has 0 fully saturated rings. The lowest BCUT2D eigenvalue weighted by molar-refractivity contribution is 0.991. The second-order valence-electron chi connectivity index (χ2n) is 3.11. The molecule has 0 saturated heterocycles. The maximum Gasteiger partial charge on any atom is 0.255 e. The summed E-state index contributed by atoms with van der Waals surface area (Å²) >= 11 is 5.88. The monoisotopic (exact) mass is 220 g/mol. The van der Waals surface area contributed by atoms with Gasteiger partial charge in [0.05, 0.1) is 16.4 Å². The molecular weight excluding hydrogens is 212 g/mol. The van der Waals surface area contributed by atoms with E-state index >= 15 is 0 Å². The largest absolute Gasteiger partial charge is 0.398 e. The van der Waals surface area contributed by atoms with Crippen molar-refractivity contribution in [3.63, 3.8) is 0 Å². The molecule has 0 aliphatic heterocycles. The molecule has 0 saturated carbocycles. The van der Waals surface area contributed by atoms with E-state index in [2.05, 4.69) is 0 Å². The van der Waals surface area contributed by atoms with Crippen LogP contribution in [0.4, 0.5) is 5.69 Å². The third-order valence-electron chi connectivity index (χ3n) is 2.08. The summed E-state index contributed by atoms with van der Waals surface area (Å²) in [5, 5.41) is 0.447. The van der Waals surface area contributed by atoms with Gasteiger partial charge in [-0.25, -0.2) is 0 Å². The molecule has 2 aromatic rings. The summed E-state index contributed by atoms with van der Waals surface area (Å²) in [6, 6.07) is 10.1. The highest BCUT2D eigenvalue weighted by Gasteiger charge is 2.01.